The molecule has 1 amide bonds. The smallest absolute Gasteiger partial charge is 0.244 e. The molecule has 0 bridgehead atoms. The minimum absolute atomic E-state index is 0. The number of benzene rings is 1. The van der Waals surface area contributed by atoms with Crippen molar-refractivity contribution in [1.29, 1.82) is 0 Å². The van der Waals surface area contributed by atoms with Gasteiger partial charge < -0.3 is 20.3 Å². The predicted molar refractivity (Wildman–Crippen MR) is 123 cm³/mol. The van der Waals surface area contributed by atoms with E-state index in [1.54, 1.807) is 0 Å². The number of nitrogens with zero attached hydrogens (tertiary/aromatic N) is 2. The van der Waals surface area contributed by atoms with E-state index in [-0.39, 0.29) is 41.8 Å². The summed E-state index contributed by atoms with van der Waals surface area (Å²) in [5, 5.41) is 6.76. The Morgan fingerprint density at radius 3 is 2.46 bits per heavy atom. The summed E-state index contributed by atoms with van der Waals surface area (Å²) < 4.78 is 5.61. The number of carbonyl (C=O) groups is 1. The molecular weight excluding hydrogens is 467 g/mol. The molecule has 2 fully saturated rings. The summed E-state index contributed by atoms with van der Waals surface area (Å²) in [5.74, 6) is 0.834. The second-order valence-electron chi connectivity index (χ2n) is 7.40. The number of aliphatic imine (C=N–C) groups is 1. The van der Waals surface area contributed by atoms with E-state index in [0.717, 1.165) is 65.1 Å². The van der Waals surface area contributed by atoms with Crippen molar-refractivity contribution in [1.82, 2.24) is 15.5 Å². The summed E-state index contributed by atoms with van der Waals surface area (Å²) in [7, 11) is 0. The topological polar surface area (TPSA) is 66.0 Å². The Hall–Kier alpha value is -1.35. The number of amides is 1. The minimum atomic E-state index is 0. The lowest BCUT2D eigenvalue weighted by Crippen LogP contribution is -2.48. The fourth-order valence-electron chi connectivity index (χ4n) is 3.93. The van der Waals surface area contributed by atoms with Gasteiger partial charge in [0.2, 0.25) is 5.91 Å². The first-order chi connectivity index (χ1) is 13.2. The van der Waals surface area contributed by atoms with Gasteiger partial charge in [0, 0.05) is 44.8 Å². The molecule has 0 spiro atoms. The number of guanidine groups is 1. The van der Waals surface area contributed by atoms with Crippen LogP contribution >= 0.6 is 24.0 Å². The number of rotatable bonds is 6. The Labute approximate surface area is 185 Å². The van der Waals surface area contributed by atoms with E-state index in [2.05, 4.69) is 46.0 Å². The lowest BCUT2D eigenvalue weighted by atomic mass is 9.74. The number of hydrogen-bond acceptors (Lipinski definition) is 3. The molecule has 6 nitrogen and oxygen atoms in total. The van der Waals surface area contributed by atoms with E-state index in [1.165, 1.54) is 5.56 Å². The van der Waals surface area contributed by atoms with Crippen molar-refractivity contribution in [3.63, 3.8) is 0 Å². The molecule has 28 heavy (non-hydrogen) atoms. The SMILES string of the molecule is CCNC(=NCC(=O)N1CCCC1)NCC1(c2ccccc2)CCOCC1.I. The van der Waals surface area contributed by atoms with Crippen LogP contribution in [0.2, 0.25) is 0 Å². The van der Waals surface area contributed by atoms with Gasteiger partial charge in [-0.05, 0) is 38.2 Å². The standard InChI is InChI=1S/C21H32N4O2.HI/c1-2-22-20(23-16-19(26)25-12-6-7-13-25)24-17-21(10-14-27-15-11-21)18-8-4-3-5-9-18;/h3-5,8-9H,2,6-7,10-17H2,1H3,(H2,22,23,24);1H. The van der Waals surface area contributed by atoms with E-state index in [0.29, 0.717) is 5.96 Å². The van der Waals surface area contributed by atoms with Crippen LogP contribution in [0.25, 0.3) is 0 Å². The van der Waals surface area contributed by atoms with Crippen LogP contribution in [0.3, 0.4) is 0 Å². The maximum atomic E-state index is 12.3. The Bertz CT molecular complexity index is 627. The summed E-state index contributed by atoms with van der Waals surface area (Å²) in [6, 6.07) is 10.7. The van der Waals surface area contributed by atoms with E-state index < -0.39 is 0 Å². The van der Waals surface area contributed by atoms with Crippen molar-refractivity contribution >= 4 is 35.8 Å². The molecule has 0 radical (unpaired) electrons. The van der Waals surface area contributed by atoms with E-state index >= 15 is 0 Å². The lowest BCUT2D eigenvalue weighted by molar-refractivity contribution is -0.128. The molecule has 7 heteroatoms. The first-order valence-corrected chi connectivity index (χ1v) is 10.2. The number of halogens is 1. The summed E-state index contributed by atoms with van der Waals surface area (Å²) in [6.45, 7) is 7.09. The number of likely N-dealkylation sites (tertiary alicyclic amines) is 1. The first-order valence-electron chi connectivity index (χ1n) is 10.2. The number of hydrogen-bond donors (Lipinski definition) is 2. The lowest BCUT2D eigenvalue weighted by Gasteiger charge is -2.38. The van der Waals surface area contributed by atoms with Crippen LogP contribution in [0.1, 0.15) is 38.2 Å². The van der Waals surface area contributed by atoms with E-state index in [4.69, 9.17) is 4.74 Å². The molecular formula is C21H33IN4O2. The van der Waals surface area contributed by atoms with Gasteiger partial charge in [-0.25, -0.2) is 4.99 Å². The van der Waals surface area contributed by atoms with Gasteiger partial charge in [-0.3, -0.25) is 4.79 Å². The van der Waals surface area contributed by atoms with Gasteiger partial charge in [0.25, 0.3) is 0 Å². The van der Waals surface area contributed by atoms with Gasteiger partial charge in [-0.2, -0.15) is 0 Å². The molecule has 2 heterocycles. The molecule has 156 valence electrons. The second kappa shape index (κ2) is 11.6. The third-order valence-corrected chi connectivity index (χ3v) is 5.61. The largest absolute Gasteiger partial charge is 0.381 e. The van der Waals surface area contributed by atoms with Crippen molar-refractivity contribution < 1.29 is 9.53 Å². The van der Waals surface area contributed by atoms with Crippen molar-refractivity contribution in [2.45, 2.75) is 38.0 Å². The Morgan fingerprint density at radius 1 is 1.14 bits per heavy atom. The zero-order valence-corrected chi connectivity index (χ0v) is 19.1. The van der Waals surface area contributed by atoms with Crippen LogP contribution in [-0.4, -0.2) is 62.7 Å². The second-order valence-corrected chi connectivity index (χ2v) is 7.40. The molecule has 2 aliphatic heterocycles. The van der Waals surface area contributed by atoms with Crippen LogP contribution in [0.5, 0.6) is 0 Å². The fraction of sp³-hybridized carbons (Fsp3) is 0.619. The highest BCUT2D eigenvalue weighted by molar-refractivity contribution is 14.0. The van der Waals surface area contributed by atoms with Crippen molar-refractivity contribution in [2.24, 2.45) is 4.99 Å². The Balaban J connectivity index is 0.00000280. The minimum Gasteiger partial charge on any atom is -0.381 e. The molecule has 2 saturated heterocycles. The summed E-state index contributed by atoms with van der Waals surface area (Å²) in [4.78, 5) is 18.7. The highest BCUT2D eigenvalue weighted by Gasteiger charge is 2.34. The molecule has 0 unspecified atom stereocenters. The normalized spacial score (nSPS) is 19.0. The molecule has 0 aromatic heterocycles. The van der Waals surface area contributed by atoms with Crippen molar-refractivity contribution in [3.05, 3.63) is 35.9 Å². The van der Waals surface area contributed by atoms with Crippen molar-refractivity contribution in [3.8, 4) is 0 Å². The summed E-state index contributed by atoms with van der Waals surface area (Å²) in [5.41, 5.74) is 1.37. The van der Waals surface area contributed by atoms with Gasteiger partial charge >= 0.3 is 0 Å². The van der Waals surface area contributed by atoms with Gasteiger partial charge in [0.15, 0.2) is 5.96 Å². The van der Waals surface area contributed by atoms with Crippen LogP contribution in [0.4, 0.5) is 0 Å². The van der Waals surface area contributed by atoms with Crippen LogP contribution in [-0.2, 0) is 14.9 Å². The van der Waals surface area contributed by atoms with Crippen LogP contribution in [0.15, 0.2) is 35.3 Å². The van der Waals surface area contributed by atoms with E-state index in [9.17, 15) is 4.79 Å². The highest BCUT2D eigenvalue weighted by Crippen LogP contribution is 2.34. The highest BCUT2D eigenvalue weighted by atomic mass is 127. The number of ether oxygens (including phenoxy) is 1. The fourth-order valence-corrected chi connectivity index (χ4v) is 3.93. The third kappa shape index (κ3) is 6.07. The monoisotopic (exact) mass is 500 g/mol. The first kappa shape index (κ1) is 22.9. The molecule has 2 aliphatic rings. The Morgan fingerprint density at radius 2 is 1.82 bits per heavy atom. The molecule has 1 aromatic carbocycles. The summed E-state index contributed by atoms with van der Waals surface area (Å²) >= 11 is 0. The summed E-state index contributed by atoms with van der Waals surface area (Å²) in [6.07, 6.45) is 4.18. The maximum Gasteiger partial charge on any atom is 0.244 e. The van der Waals surface area contributed by atoms with E-state index in [1.807, 2.05) is 11.8 Å². The number of carbonyl (C=O) groups excluding carboxylic acids is 1. The predicted octanol–water partition coefficient (Wildman–Crippen LogP) is 2.53. The number of nitrogens with one attached hydrogen (secondary N) is 2. The zero-order chi connectivity index (χ0) is 19.0. The molecule has 3 rings (SSSR count). The zero-order valence-electron chi connectivity index (χ0n) is 16.8. The molecule has 1 aromatic rings. The van der Waals surface area contributed by atoms with Crippen LogP contribution in [0, 0.1) is 0 Å². The molecule has 0 saturated carbocycles. The van der Waals surface area contributed by atoms with Gasteiger partial charge in [-0.15, -0.1) is 24.0 Å². The van der Waals surface area contributed by atoms with Gasteiger partial charge in [0.05, 0.1) is 0 Å². The molecule has 0 aliphatic carbocycles. The van der Waals surface area contributed by atoms with Gasteiger partial charge in [0.1, 0.15) is 6.54 Å². The van der Waals surface area contributed by atoms with Crippen LogP contribution < -0.4 is 10.6 Å². The Kier molecular flexibility index (Phi) is 9.50. The van der Waals surface area contributed by atoms with Crippen molar-refractivity contribution in [2.75, 3.05) is 45.9 Å². The van der Waals surface area contributed by atoms with Gasteiger partial charge in [-0.1, -0.05) is 30.3 Å². The molecule has 2 N–H and O–H groups in total. The molecule has 0 atom stereocenters. The average Bonchev–Trinajstić information content (AvgIpc) is 3.26. The average molecular weight is 500 g/mol. The third-order valence-electron chi connectivity index (χ3n) is 5.61. The quantitative estimate of drug-likeness (QED) is 0.358. The maximum absolute atomic E-state index is 12.3.